The van der Waals surface area contributed by atoms with E-state index in [1.165, 1.54) is 0 Å². The highest BCUT2D eigenvalue weighted by Gasteiger charge is 2.32. The van der Waals surface area contributed by atoms with Crippen LogP contribution in [-0.4, -0.2) is 0 Å². The van der Waals surface area contributed by atoms with E-state index in [4.69, 9.17) is 0 Å². The number of para-hydroxylation sites is 2. The minimum atomic E-state index is -3.27. The largest absolute Gasteiger partial charge is 0.310 e. The first-order chi connectivity index (χ1) is 15.2. The summed E-state index contributed by atoms with van der Waals surface area (Å²) in [5.41, 5.74) is 3.87. The summed E-state index contributed by atoms with van der Waals surface area (Å²) in [5.74, 6) is 0. The molecule has 156 valence electrons. The van der Waals surface area contributed by atoms with Gasteiger partial charge in [-0.15, -0.1) is 0 Å². The van der Waals surface area contributed by atoms with Gasteiger partial charge in [0.25, 0.3) is 0 Å². The number of rotatable bonds is 9. The van der Waals surface area contributed by atoms with Crippen molar-refractivity contribution in [1.29, 1.82) is 0 Å². The molecular formula is C26H26N3OP. The van der Waals surface area contributed by atoms with Gasteiger partial charge in [0.15, 0.2) is 0 Å². The molecule has 0 heterocycles. The second kappa shape index (κ2) is 10.2. The fourth-order valence-electron chi connectivity index (χ4n) is 3.40. The molecule has 4 nitrogen and oxygen atoms in total. The molecule has 4 aromatic carbocycles. The van der Waals surface area contributed by atoms with Crippen LogP contribution in [0.25, 0.3) is 0 Å². The molecule has 0 unspecified atom stereocenters. The average Bonchev–Trinajstić information content (AvgIpc) is 2.84. The van der Waals surface area contributed by atoms with Crippen LogP contribution in [0, 0.1) is 0 Å². The van der Waals surface area contributed by atoms with Crippen LogP contribution in [0.1, 0.15) is 11.1 Å². The molecule has 0 atom stereocenters. The van der Waals surface area contributed by atoms with E-state index in [2.05, 4.69) is 10.2 Å². The maximum absolute atomic E-state index is 14.6. The first kappa shape index (κ1) is 21.1. The maximum Gasteiger partial charge on any atom is 0.310 e. The first-order valence-corrected chi connectivity index (χ1v) is 12.0. The average molecular weight is 427 g/mol. The predicted octanol–water partition coefficient (Wildman–Crippen LogP) is 6.51. The van der Waals surface area contributed by atoms with Crippen molar-refractivity contribution in [3.05, 3.63) is 132 Å². The molecule has 0 aliphatic rings. The highest BCUT2D eigenvalue weighted by molar-refractivity contribution is 7.62. The summed E-state index contributed by atoms with van der Waals surface area (Å²) in [6.45, 7) is 0.964. The van der Waals surface area contributed by atoms with Crippen LogP contribution in [0.5, 0.6) is 0 Å². The first-order valence-electron chi connectivity index (χ1n) is 10.3. The summed E-state index contributed by atoms with van der Waals surface area (Å²) < 4.78 is 16.5. The van der Waals surface area contributed by atoms with Gasteiger partial charge in [-0.25, -0.2) is 10.2 Å². The molecule has 0 amide bonds. The third-order valence-corrected chi connectivity index (χ3v) is 7.16. The smallest absolute Gasteiger partial charge is 0.268 e. The normalized spacial score (nSPS) is 11.2. The van der Waals surface area contributed by atoms with Crippen molar-refractivity contribution in [3.8, 4) is 0 Å². The van der Waals surface area contributed by atoms with Crippen molar-refractivity contribution < 1.29 is 4.57 Å². The number of nitrogens with one attached hydrogen (secondary N) is 2. The topological polar surface area (TPSA) is 44.4 Å². The molecule has 0 aliphatic carbocycles. The predicted molar refractivity (Wildman–Crippen MR) is 129 cm³/mol. The molecular weight excluding hydrogens is 401 g/mol. The molecule has 2 N–H and O–H groups in total. The Hall–Kier alpha value is -3.17. The van der Waals surface area contributed by atoms with Crippen LogP contribution >= 0.6 is 7.59 Å². The van der Waals surface area contributed by atoms with E-state index in [0.717, 1.165) is 22.5 Å². The van der Waals surface area contributed by atoms with Crippen LogP contribution in [0.2, 0.25) is 0 Å². The highest BCUT2D eigenvalue weighted by atomic mass is 31.2. The van der Waals surface area contributed by atoms with Crippen molar-refractivity contribution in [2.75, 3.05) is 4.67 Å². The molecule has 0 saturated carbocycles. The van der Waals surface area contributed by atoms with Gasteiger partial charge in [0.2, 0.25) is 0 Å². The zero-order valence-corrected chi connectivity index (χ0v) is 18.2. The lowest BCUT2D eigenvalue weighted by Crippen LogP contribution is -2.33. The minimum absolute atomic E-state index is 0.482. The van der Waals surface area contributed by atoms with Crippen molar-refractivity contribution in [2.24, 2.45) is 0 Å². The lowest BCUT2D eigenvalue weighted by atomic mass is 10.2. The Balaban J connectivity index is 1.71. The molecule has 4 aromatic rings. The zero-order valence-electron chi connectivity index (χ0n) is 17.3. The lowest BCUT2D eigenvalue weighted by molar-refractivity contribution is 0.551. The molecule has 4 rings (SSSR count). The number of nitrogens with zero attached hydrogens (tertiary/aromatic N) is 1. The molecule has 0 aromatic heterocycles. The standard InChI is InChI=1S/C26H26N3OP/c30-31(27-21-23-13-5-1-6-14-23,28-22-24-15-7-2-8-16-24)29(25-17-9-3-10-18-25)26-19-11-4-12-20-26/h1-20H,21-22H2,(H2,27,28,30). The number of hydrogen-bond donors (Lipinski definition) is 2. The van der Waals surface area contributed by atoms with E-state index in [0.29, 0.717) is 13.1 Å². The number of benzene rings is 4. The molecule has 0 saturated heterocycles. The summed E-state index contributed by atoms with van der Waals surface area (Å²) in [6, 6.07) is 39.8. The van der Waals surface area contributed by atoms with E-state index < -0.39 is 7.59 Å². The molecule has 0 bridgehead atoms. The van der Waals surface area contributed by atoms with Gasteiger partial charge >= 0.3 is 7.59 Å². The maximum atomic E-state index is 14.6. The summed E-state index contributed by atoms with van der Waals surface area (Å²) in [6.07, 6.45) is 0. The van der Waals surface area contributed by atoms with Crippen LogP contribution in [-0.2, 0) is 17.7 Å². The van der Waals surface area contributed by atoms with Crippen molar-refractivity contribution in [2.45, 2.75) is 13.1 Å². The lowest BCUT2D eigenvalue weighted by Gasteiger charge is -2.34. The molecule has 0 spiro atoms. The Morgan fingerprint density at radius 3 is 1.19 bits per heavy atom. The van der Waals surface area contributed by atoms with Gasteiger partial charge in [0.05, 0.1) is 0 Å². The monoisotopic (exact) mass is 427 g/mol. The van der Waals surface area contributed by atoms with Crippen LogP contribution in [0.4, 0.5) is 11.4 Å². The Morgan fingerprint density at radius 1 is 0.516 bits per heavy atom. The quantitative estimate of drug-likeness (QED) is 0.299. The summed E-state index contributed by atoms with van der Waals surface area (Å²) in [7, 11) is -3.27. The SMILES string of the molecule is O=P(NCc1ccccc1)(NCc1ccccc1)N(c1ccccc1)c1ccccc1. The van der Waals surface area contributed by atoms with E-state index in [1.54, 1.807) is 0 Å². The van der Waals surface area contributed by atoms with Crippen molar-refractivity contribution >= 4 is 19.0 Å². The third kappa shape index (κ3) is 5.50. The van der Waals surface area contributed by atoms with E-state index in [-0.39, 0.29) is 0 Å². The van der Waals surface area contributed by atoms with Crippen LogP contribution < -0.4 is 14.8 Å². The van der Waals surface area contributed by atoms with E-state index in [9.17, 15) is 4.57 Å². The Kier molecular flexibility index (Phi) is 6.96. The van der Waals surface area contributed by atoms with Crippen LogP contribution in [0.3, 0.4) is 0 Å². The fourth-order valence-corrected chi connectivity index (χ4v) is 5.50. The fraction of sp³-hybridized carbons (Fsp3) is 0.0769. The summed E-state index contributed by atoms with van der Waals surface area (Å²) in [5, 5.41) is 6.70. The van der Waals surface area contributed by atoms with E-state index >= 15 is 0 Å². The second-order valence-corrected chi connectivity index (χ2v) is 9.38. The molecule has 5 heteroatoms. The number of hydrogen-bond acceptors (Lipinski definition) is 1. The van der Waals surface area contributed by atoms with Gasteiger partial charge in [-0.2, -0.15) is 0 Å². The van der Waals surface area contributed by atoms with Gasteiger partial charge in [-0.1, -0.05) is 97.1 Å². The molecule has 0 fully saturated rings. The van der Waals surface area contributed by atoms with Crippen LogP contribution in [0.15, 0.2) is 121 Å². The zero-order chi connectivity index (χ0) is 21.4. The molecule has 0 aliphatic heterocycles. The Bertz CT molecular complexity index is 1020. The van der Waals surface area contributed by atoms with Crippen molar-refractivity contribution in [3.63, 3.8) is 0 Å². The van der Waals surface area contributed by atoms with Gasteiger partial charge in [0, 0.05) is 24.5 Å². The third-order valence-electron chi connectivity index (χ3n) is 4.96. The summed E-state index contributed by atoms with van der Waals surface area (Å²) in [4.78, 5) is 0. The second-order valence-electron chi connectivity index (χ2n) is 7.20. The van der Waals surface area contributed by atoms with Gasteiger partial charge in [0.1, 0.15) is 0 Å². The van der Waals surface area contributed by atoms with Gasteiger partial charge in [-0.3, -0.25) is 9.24 Å². The minimum Gasteiger partial charge on any atom is -0.268 e. The molecule has 31 heavy (non-hydrogen) atoms. The highest BCUT2D eigenvalue weighted by Crippen LogP contribution is 2.50. The van der Waals surface area contributed by atoms with Gasteiger partial charge in [-0.05, 0) is 35.4 Å². The van der Waals surface area contributed by atoms with Crippen molar-refractivity contribution in [1.82, 2.24) is 10.2 Å². The number of anilines is 2. The van der Waals surface area contributed by atoms with Gasteiger partial charge < -0.3 is 0 Å². The summed E-state index contributed by atoms with van der Waals surface area (Å²) >= 11 is 0. The van der Waals surface area contributed by atoms with E-state index in [1.807, 2.05) is 126 Å². The molecule has 0 radical (unpaired) electrons. The Morgan fingerprint density at radius 2 is 0.839 bits per heavy atom. The Labute approximate surface area is 184 Å².